The molecule has 0 saturated heterocycles. The normalized spacial score (nSPS) is 18.4. The lowest BCUT2D eigenvalue weighted by molar-refractivity contribution is -0.118. The topological polar surface area (TPSA) is 160 Å². The predicted molar refractivity (Wildman–Crippen MR) is 154 cm³/mol. The molecule has 1 aromatic carbocycles. The van der Waals surface area contributed by atoms with Crippen molar-refractivity contribution in [3.8, 4) is 11.8 Å². The maximum Gasteiger partial charge on any atom is 0.236 e. The standard InChI is InChI=1S/C26H26N8O3S3/c1-13-30-31-23(39-13)29-19(36)12-38-25-33-32-24(40-25)34-17-9-26(2,3)10-18(35)21(17)20(16(11-27)22(34)28)14-6-5-7-15(8-14)37-4/h5-8,20H,9-10,12,28H2,1-4H3,(H,29,31,36). The molecule has 1 aliphatic carbocycles. The molecule has 0 saturated carbocycles. The SMILES string of the molecule is COc1cccc(C2C(C#N)=C(N)N(c3nnc(SCC(=O)Nc4nnc(C)s4)s3)C3=C2C(=O)CC(C)(C)C3)c1. The van der Waals surface area contributed by atoms with Crippen LogP contribution in [0.15, 0.2) is 51.3 Å². The number of thioether (sulfide) groups is 1. The fourth-order valence-corrected chi connectivity index (χ4v) is 7.15. The number of allylic oxidation sites excluding steroid dienone is 3. The Bertz CT molecular complexity index is 1600. The first-order valence-corrected chi connectivity index (χ1v) is 14.9. The Kier molecular flexibility index (Phi) is 7.63. The summed E-state index contributed by atoms with van der Waals surface area (Å²) >= 11 is 3.76. The van der Waals surface area contributed by atoms with Gasteiger partial charge >= 0.3 is 0 Å². The van der Waals surface area contributed by atoms with E-state index >= 15 is 0 Å². The number of amides is 1. The highest BCUT2D eigenvalue weighted by molar-refractivity contribution is 8.01. The zero-order valence-corrected chi connectivity index (χ0v) is 24.7. The minimum atomic E-state index is -0.621. The Morgan fingerprint density at radius 3 is 2.77 bits per heavy atom. The molecule has 3 N–H and O–H groups in total. The molecule has 1 atom stereocenters. The first kappa shape index (κ1) is 27.8. The lowest BCUT2D eigenvalue weighted by atomic mass is 9.68. The van der Waals surface area contributed by atoms with Gasteiger partial charge in [-0.3, -0.25) is 19.8 Å². The van der Waals surface area contributed by atoms with E-state index in [4.69, 9.17) is 10.5 Å². The second-order valence-electron chi connectivity index (χ2n) is 10.1. The lowest BCUT2D eigenvalue weighted by Crippen LogP contribution is -2.42. The van der Waals surface area contributed by atoms with E-state index in [1.54, 1.807) is 12.0 Å². The van der Waals surface area contributed by atoms with Crippen LogP contribution in [-0.2, 0) is 9.59 Å². The van der Waals surface area contributed by atoms with Gasteiger partial charge in [0.2, 0.25) is 16.2 Å². The third-order valence-electron chi connectivity index (χ3n) is 6.49. The van der Waals surface area contributed by atoms with Crippen LogP contribution in [0.1, 0.15) is 43.2 Å². The van der Waals surface area contributed by atoms with E-state index in [9.17, 15) is 14.9 Å². The van der Waals surface area contributed by atoms with Crippen molar-refractivity contribution in [3.63, 3.8) is 0 Å². The zero-order valence-electron chi connectivity index (χ0n) is 22.2. The van der Waals surface area contributed by atoms with Gasteiger partial charge in [-0.15, -0.1) is 20.4 Å². The molecule has 206 valence electrons. The van der Waals surface area contributed by atoms with Crippen molar-refractivity contribution in [2.24, 2.45) is 11.1 Å². The van der Waals surface area contributed by atoms with Crippen molar-refractivity contribution in [2.45, 2.75) is 43.9 Å². The van der Waals surface area contributed by atoms with Gasteiger partial charge in [0.25, 0.3) is 0 Å². The van der Waals surface area contributed by atoms with E-state index in [1.165, 1.54) is 34.4 Å². The number of ketones is 1. The second kappa shape index (κ2) is 11.0. The maximum absolute atomic E-state index is 13.7. The van der Waals surface area contributed by atoms with E-state index in [2.05, 4.69) is 31.8 Å². The van der Waals surface area contributed by atoms with Gasteiger partial charge in [-0.05, 0) is 36.5 Å². The van der Waals surface area contributed by atoms with Crippen molar-refractivity contribution in [1.29, 1.82) is 5.26 Å². The summed E-state index contributed by atoms with van der Waals surface area (Å²) in [6.45, 7) is 5.88. The number of Topliss-reactive ketones (excluding diaryl/α,β-unsaturated/α-hetero) is 1. The Morgan fingerprint density at radius 1 is 1.27 bits per heavy atom. The lowest BCUT2D eigenvalue weighted by Gasteiger charge is -2.42. The maximum atomic E-state index is 13.7. The minimum Gasteiger partial charge on any atom is -0.497 e. The van der Waals surface area contributed by atoms with Crippen LogP contribution in [0.3, 0.4) is 0 Å². The van der Waals surface area contributed by atoms with Crippen LogP contribution >= 0.6 is 34.4 Å². The first-order valence-electron chi connectivity index (χ1n) is 12.3. The molecule has 14 heteroatoms. The van der Waals surface area contributed by atoms with Crippen molar-refractivity contribution >= 4 is 56.4 Å². The van der Waals surface area contributed by atoms with Gasteiger partial charge in [-0.25, -0.2) is 0 Å². The molecule has 3 aromatic rings. The number of hydrogen-bond donors (Lipinski definition) is 2. The van der Waals surface area contributed by atoms with Gasteiger partial charge < -0.3 is 10.5 Å². The third kappa shape index (κ3) is 5.45. The van der Waals surface area contributed by atoms with Crippen LogP contribution in [0.4, 0.5) is 10.3 Å². The average molecular weight is 595 g/mol. The predicted octanol–water partition coefficient (Wildman–Crippen LogP) is 4.38. The summed E-state index contributed by atoms with van der Waals surface area (Å²) in [7, 11) is 1.57. The molecule has 1 amide bonds. The molecule has 0 fully saturated rings. The van der Waals surface area contributed by atoms with Gasteiger partial charge in [0.05, 0.1) is 30.4 Å². The zero-order chi connectivity index (χ0) is 28.6. The number of aryl methyl sites for hydroxylation is 1. The summed E-state index contributed by atoms with van der Waals surface area (Å²) in [5.74, 6) is 0.0258. The molecule has 40 heavy (non-hydrogen) atoms. The molecular weight excluding hydrogens is 569 g/mol. The van der Waals surface area contributed by atoms with Crippen LogP contribution < -0.4 is 20.7 Å². The number of benzene rings is 1. The van der Waals surface area contributed by atoms with Gasteiger partial charge in [0.1, 0.15) is 16.6 Å². The van der Waals surface area contributed by atoms with Gasteiger partial charge in [-0.1, -0.05) is 60.4 Å². The Hall–Kier alpha value is -3.80. The number of anilines is 2. The van der Waals surface area contributed by atoms with Crippen LogP contribution in [0.2, 0.25) is 0 Å². The van der Waals surface area contributed by atoms with Gasteiger partial charge in [0, 0.05) is 17.7 Å². The Morgan fingerprint density at radius 2 is 2.08 bits per heavy atom. The second-order valence-corrected chi connectivity index (χ2v) is 13.4. The third-order valence-corrected chi connectivity index (χ3v) is 9.29. The van der Waals surface area contributed by atoms with E-state index < -0.39 is 5.92 Å². The fraction of sp³-hybridized carbons (Fsp3) is 0.346. The van der Waals surface area contributed by atoms with Crippen molar-refractivity contribution in [2.75, 3.05) is 23.1 Å². The molecule has 0 radical (unpaired) electrons. The van der Waals surface area contributed by atoms with Gasteiger partial charge in [-0.2, -0.15) is 5.26 Å². The minimum absolute atomic E-state index is 0.0352. The summed E-state index contributed by atoms with van der Waals surface area (Å²) < 4.78 is 5.95. The van der Waals surface area contributed by atoms with Crippen molar-refractivity contribution in [1.82, 2.24) is 20.4 Å². The highest BCUT2D eigenvalue weighted by Crippen LogP contribution is 2.51. The van der Waals surface area contributed by atoms with Crippen molar-refractivity contribution < 1.29 is 14.3 Å². The largest absolute Gasteiger partial charge is 0.497 e. The number of nitriles is 1. The molecular formula is C26H26N8O3S3. The number of nitrogens with two attached hydrogens (primary N) is 1. The molecule has 1 aliphatic heterocycles. The molecule has 0 spiro atoms. The van der Waals surface area contributed by atoms with E-state index in [0.29, 0.717) is 44.5 Å². The van der Waals surface area contributed by atoms with Crippen LogP contribution in [0, 0.1) is 23.7 Å². The van der Waals surface area contributed by atoms with Gasteiger partial charge in [0.15, 0.2) is 10.1 Å². The Balaban J connectivity index is 1.49. The van der Waals surface area contributed by atoms with Crippen molar-refractivity contribution in [3.05, 3.63) is 57.5 Å². The molecule has 2 aliphatic rings. The smallest absolute Gasteiger partial charge is 0.236 e. The summed E-state index contributed by atoms with van der Waals surface area (Å²) in [5, 5.41) is 31.0. The number of rotatable bonds is 7. The highest BCUT2D eigenvalue weighted by Gasteiger charge is 2.45. The fourth-order valence-electron chi connectivity index (χ4n) is 4.86. The van der Waals surface area contributed by atoms with Crippen LogP contribution in [0.5, 0.6) is 5.75 Å². The average Bonchev–Trinajstić information content (AvgIpc) is 3.54. The number of methoxy groups -OCH3 is 1. The monoisotopic (exact) mass is 594 g/mol. The van der Waals surface area contributed by atoms with E-state index in [0.717, 1.165) is 10.6 Å². The van der Waals surface area contributed by atoms with Crippen LogP contribution in [-0.4, -0.2) is 44.9 Å². The number of carbonyl (C=O) groups excluding carboxylic acids is 2. The van der Waals surface area contributed by atoms with Crippen LogP contribution in [0.25, 0.3) is 0 Å². The number of nitrogens with zero attached hydrogens (tertiary/aromatic N) is 6. The first-order chi connectivity index (χ1) is 19.1. The molecule has 1 unspecified atom stereocenters. The molecule has 5 rings (SSSR count). The summed E-state index contributed by atoms with van der Waals surface area (Å²) in [6.07, 6.45) is 0.902. The molecule has 11 nitrogen and oxygen atoms in total. The molecule has 0 bridgehead atoms. The molecule has 3 heterocycles. The summed E-state index contributed by atoms with van der Waals surface area (Å²) in [6, 6.07) is 9.61. The quantitative estimate of drug-likeness (QED) is 0.374. The number of hydrogen-bond acceptors (Lipinski definition) is 13. The number of nitrogens with one attached hydrogen (secondary N) is 1. The number of ether oxygens (including phenoxy) is 1. The number of aromatic nitrogens is 4. The number of carbonyl (C=O) groups is 2. The van der Waals surface area contributed by atoms with E-state index in [1.807, 2.05) is 45.0 Å². The summed E-state index contributed by atoms with van der Waals surface area (Å²) in [4.78, 5) is 27.8. The highest BCUT2D eigenvalue weighted by atomic mass is 32.2. The molecule has 2 aromatic heterocycles. The summed E-state index contributed by atoms with van der Waals surface area (Å²) in [5.41, 5.74) is 8.63. The Labute approximate surface area is 243 Å². The van der Waals surface area contributed by atoms with E-state index in [-0.39, 0.29) is 34.3 Å².